The van der Waals surface area contributed by atoms with Crippen molar-refractivity contribution < 1.29 is 0 Å². The second kappa shape index (κ2) is 5.94. The fraction of sp³-hybridized carbons (Fsp3) is 0.300. The zero-order valence-electron chi connectivity index (χ0n) is 8.32. The molecule has 0 spiro atoms. The molecule has 0 unspecified atom stereocenters. The molecule has 1 rings (SSSR count). The first-order valence-electron chi connectivity index (χ1n) is 4.18. The Bertz CT molecular complexity index is 264. The maximum atomic E-state index is 2.46. The van der Waals surface area contributed by atoms with Crippen LogP contribution in [0.3, 0.4) is 0 Å². The molecular formula is C10H16IPSi. The van der Waals surface area contributed by atoms with Crippen LogP contribution < -0.4 is 5.30 Å². The van der Waals surface area contributed by atoms with Gasteiger partial charge in [-0.15, -0.1) is 24.0 Å². The molecule has 0 saturated carbocycles. The predicted octanol–water partition coefficient (Wildman–Crippen LogP) is 3.56. The largest absolute Gasteiger partial charge is 0.107 e. The van der Waals surface area contributed by atoms with Crippen LogP contribution in [0.2, 0.25) is 19.6 Å². The Labute approximate surface area is 101 Å². The van der Waals surface area contributed by atoms with Gasteiger partial charge in [0.25, 0.3) is 0 Å². The molecule has 0 radical (unpaired) electrons. The van der Waals surface area contributed by atoms with Crippen molar-refractivity contribution in [1.29, 1.82) is 0 Å². The van der Waals surface area contributed by atoms with E-state index in [2.05, 4.69) is 55.4 Å². The van der Waals surface area contributed by atoms with E-state index in [1.165, 1.54) is 13.5 Å². The number of hydrogen-bond acceptors (Lipinski definition) is 0. The van der Waals surface area contributed by atoms with E-state index in [0.29, 0.717) is 0 Å². The highest BCUT2D eigenvalue weighted by atomic mass is 127. The number of rotatable bonds is 2. The minimum atomic E-state index is -0.977. The highest BCUT2D eigenvalue weighted by Gasteiger charge is 2.06. The van der Waals surface area contributed by atoms with Crippen molar-refractivity contribution in [3.63, 3.8) is 0 Å². The molecule has 0 bridgehead atoms. The van der Waals surface area contributed by atoms with Crippen molar-refractivity contribution in [3.05, 3.63) is 30.3 Å². The fourth-order valence-electron chi connectivity index (χ4n) is 0.782. The van der Waals surface area contributed by atoms with Gasteiger partial charge in [-0.3, -0.25) is 0 Å². The molecule has 72 valence electrons. The van der Waals surface area contributed by atoms with Gasteiger partial charge < -0.3 is 0 Å². The lowest BCUT2D eigenvalue weighted by Gasteiger charge is -2.06. The van der Waals surface area contributed by atoms with E-state index in [9.17, 15) is 0 Å². The van der Waals surface area contributed by atoms with E-state index in [1.54, 1.807) is 0 Å². The summed E-state index contributed by atoms with van der Waals surface area (Å²) in [6.45, 7) is 7.09. The van der Waals surface area contributed by atoms with Gasteiger partial charge in [0.2, 0.25) is 0 Å². The summed E-state index contributed by atoms with van der Waals surface area (Å²) >= 11 is 0. The normalized spacial score (nSPS) is 11.3. The molecule has 0 heterocycles. The average Bonchev–Trinajstić information content (AvgIpc) is 2.02. The van der Waals surface area contributed by atoms with E-state index in [0.717, 1.165) is 0 Å². The van der Waals surface area contributed by atoms with Crippen molar-refractivity contribution in [2.75, 3.05) is 0 Å². The van der Waals surface area contributed by atoms with Gasteiger partial charge >= 0.3 is 0 Å². The molecular weight excluding hydrogens is 306 g/mol. The molecule has 0 aliphatic heterocycles. The first-order valence-corrected chi connectivity index (χ1v) is 8.72. The maximum absolute atomic E-state index is 2.46. The minimum Gasteiger partial charge on any atom is -0.107 e. The topological polar surface area (TPSA) is 0 Å². The molecule has 0 saturated heterocycles. The molecule has 0 N–H and O–H groups in total. The van der Waals surface area contributed by atoms with Crippen LogP contribution in [-0.2, 0) is 0 Å². The average molecular weight is 322 g/mol. The second-order valence-electron chi connectivity index (χ2n) is 3.96. The summed E-state index contributed by atoms with van der Waals surface area (Å²) in [5.74, 6) is 0. The van der Waals surface area contributed by atoms with Crippen LogP contribution in [-0.4, -0.2) is 13.5 Å². The van der Waals surface area contributed by atoms with Crippen molar-refractivity contribution >= 4 is 51.0 Å². The number of halogens is 1. The van der Waals surface area contributed by atoms with Gasteiger partial charge in [-0.2, -0.15) is 0 Å². The third-order valence-corrected chi connectivity index (χ3v) is 5.57. The molecule has 13 heavy (non-hydrogen) atoms. The highest BCUT2D eigenvalue weighted by molar-refractivity contribution is 14.0. The van der Waals surface area contributed by atoms with Crippen molar-refractivity contribution in [3.8, 4) is 0 Å². The van der Waals surface area contributed by atoms with E-state index in [1.807, 2.05) is 0 Å². The lowest BCUT2D eigenvalue weighted by Crippen LogP contribution is -2.21. The molecule has 0 aliphatic carbocycles. The van der Waals surface area contributed by atoms with Gasteiger partial charge in [0.1, 0.15) is 0 Å². The summed E-state index contributed by atoms with van der Waals surface area (Å²) in [6, 6.07) is 10.6. The van der Waals surface area contributed by atoms with Crippen LogP contribution in [0.15, 0.2) is 30.3 Å². The van der Waals surface area contributed by atoms with Crippen LogP contribution in [0.25, 0.3) is 0 Å². The van der Waals surface area contributed by atoms with Crippen LogP contribution in [0.5, 0.6) is 0 Å². The first kappa shape index (κ1) is 13.3. The maximum Gasteiger partial charge on any atom is 0.0741 e. The standard InChI is InChI=1S/C10H15PSi.HI/c1-12(2,3)9-11-10-7-5-4-6-8-10;/h4-9H,1-3H3;1H. The van der Waals surface area contributed by atoms with Crippen LogP contribution in [0.1, 0.15) is 0 Å². The van der Waals surface area contributed by atoms with Crippen molar-refractivity contribution in [1.82, 2.24) is 0 Å². The molecule has 1 aromatic rings. The Morgan fingerprint density at radius 3 is 2.08 bits per heavy atom. The van der Waals surface area contributed by atoms with Crippen LogP contribution in [0, 0.1) is 0 Å². The Kier molecular flexibility index (Phi) is 6.09. The molecule has 1 aromatic carbocycles. The first-order chi connectivity index (χ1) is 5.58. The SMILES string of the molecule is C[Si](C)(C)C=Pc1ccccc1.I. The van der Waals surface area contributed by atoms with Crippen LogP contribution >= 0.6 is 32.2 Å². The highest BCUT2D eigenvalue weighted by Crippen LogP contribution is 2.03. The second-order valence-corrected chi connectivity index (χ2v) is 10.5. The van der Waals surface area contributed by atoms with Gasteiger partial charge in [-0.05, 0) is 0 Å². The Morgan fingerprint density at radius 2 is 1.62 bits per heavy atom. The third-order valence-electron chi connectivity index (χ3n) is 1.36. The lowest BCUT2D eigenvalue weighted by molar-refractivity contribution is 1.78. The van der Waals surface area contributed by atoms with Gasteiger partial charge in [0.05, 0.1) is 8.07 Å². The van der Waals surface area contributed by atoms with E-state index in [-0.39, 0.29) is 24.0 Å². The summed E-state index contributed by atoms with van der Waals surface area (Å²) in [4.78, 5) is 0. The van der Waals surface area contributed by atoms with Crippen molar-refractivity contribution in [2.45, 2.75) is 19.6 Å². The molecule has 0 aliphatic rings. The monoisotopic (exact) mass is 322 g/mol. The summed E-state index contributed by atoms with van der Waals surface area (Å²) in [5.41, 5.74) is 2.46. The lowest BCUT2D eigenvalue weighted by atomic mass is 10.4. The molecule has 0 amide bonds. The summed E-state index contributed by atoms with van der Waals surface area (Å²) in [7, 11) is 0.401. The van der Waals surface area contributed by atoms with E-state index in [4.69, 9.17) is 0 Å². The fourth-order valence-corrected chi connectivity index (χ4v) is 3.27. The molecule has 3 heteroatoms. The zero-order valence-corrected chi connectivity index (χ0v) is 12.5. The van der Waals surface area contributed by atoms with Gasteiger partial charge in [-0.1, -0.05) is 63.6 Å². The quantitative estimate of drug-likeness (QED) is 0.444. The number of benzene rings is 1. The summed E-state index contributed by atoms with van der Waals surface area (Å²) in [6.07, 6.45) is 0. The minimum absolute atomic E-state index is 0. The van der Waals surface area contributed by atoms with Gasteiger partial charge in [0.15, 0.2) is 0 Å². The zero-order chi connectivity index (χ0) is 9.03. The molecule has 0 nitrogen and oxygen atoms in total. The summed E-state index contributed by atoms with van der Waals surface area (Å²) in [5, 5.41) is 1.40. The van der Waals surface area contributed by atoms with Crippen molar-refractivity contribution in [2.24, 2.45) is 0 Å². The Balaban J connectivity index is 0.00000144. The third kappa shape index (κ3) is 6.41. The van der Waals surface area contributed by atoms with E-state index >= 15 is 0 Å². The molecule has 0 fully saturated rings. The predicted molar refractivity (Wildman–Crippen MR) is 77.8 cm³/mol. The Hall–Kier alpha value is 0.337. The van der Waals surface area contributed by atoms with E-state index < -0.39 is 8.07 Å². The summed E-state index contributed by atoms with van der Waals surface area (Å²) < 4.78 is 0. The van der Waals surface area contributed by atoms with Gasteiger partial charge in [0, 0.05) is 5.30 Å². The van der Waals surface area contributed by atoms with Gasteiger partial charge in [-0.25, -0.2) is 0 Å². The molecule has 0 aromatic heterocycles. The number of hydrogen-bond donors (Lipinski definition) is 0. The molecule has 0 atom stereocenters. The Morgan fingerprint density at radius 1 is 1.08 bits per heavy atom. The smallest absolute Gasteiger partial charge is 0.0741 e. The van der Waals surface area contributed by atoms with Crippen LogP contribution in [0.4, 0.5) is 0 Å².